The maximum atomic E-state index is 11.9. The van der Waals surface area contributed by atoms with Crippen LogP contribution in [0.25, 0.3) is 0 Å². The quantitative estimate of drug-likeness (QED) is 0.513. The molecule has 4 saturated carbocycles. The van der Waals surface area contributed by atoms with Gasteiger partial charge in [-0.2, -0.15) is 0 Å². The van der Waals surface area contributed by atoms with Crippen LogP contribution in [-0.2, 0) is 0 Å². The highest BCUT2D eigenvalue weighted by Crippen LogP contribution is 2.70. The fourth-order valence-corrected chi connectivity index (χ4v) is 9.68. The Morgan fingerprint density at radius 2 is 1.67 bits per heavy atom. The third-order valence-corrected chi connectivity index (χ3v) is 11.4. The third kappa shape index (κ3) is 3.42. The monoisotopic (exact) mass is 418 g/mol. The summed E-state index contributed by atoms with van der Waals surface area (Å²) in [7, 11) is 0. The second-order valence-electron chi connectivity index (χ2n) is 13.3. The normalized spacial score (nSPS) is 51.9. The molecule has 0 spiro atoms. The molecule has 2 nitrogen and oxygen atoms in total. The van der Waals surface area contributed by atoms with E-state index < -0.39 is 5.60 Å². The zero-order valence-electron chi connectivity index (χ0n) is 20.8. The van der Waals surface area contributed by atoms with Crippen LogP contribution in [0.3, 0.4) is 0 Å². The summed E-state index contributed by atoms with van der Waals surface area (Å²) >= 11 is 0. The van der Waals surface area contributed by atoms with Gasteiger partial charge < -0.3 is 10.2 Å². The van der Waals surface area contributed by atoms with Crippen molar-refractivity contribution >= 4 is 0 Å². The molecule has 10 atom stereocenters. The summed E-state index contributed by atoms with van der Waals surface area (Å²) in [6.07, 6.45) is 13.1. The van der Waals surface area contributed by atoms with Gasteiger partial charge in [-0.3, -0.25) is 0 Å². The van der Waals surface area contributed by atoms with Crippen molar-refractivity contribution in [2.45, 2.75) is 124 Å². The van der Waals surface area contributed by atoms with Gasteiger partial charge in [-0.25, -0.2) is 0 Å². The lowest BCUT2D eigenvalue weighted by Crippen LogP contribution is -2.66. The highest BCUT2D eigenvalue weighted by molar-refractivity contribution is 5.16. The molecule has 4 aliphatic rings. The Morgan fingerprint density at radius 3 is 2.37 bits per heavy atom. The van der Waals surface area contributed by atoms with Crippen LogP contribution in [0.4, 0.5) is 0 Å². The van der Waals surface area contributed by atoms with E-state index in [0.29, 0.717) is 23.7 Å². The molecule has 0 aromatic carbocycles. The van der Waals surface area contributed by atoms with Crippen molar-refractivity contribution in [1.82, 2.24) is 0 Å². The van der Waals surface area contributed by atoms with Crippen LogP contribution in [0.1, 0.15) is 112 Å². The SMILES string of the molecule is CC(C)CCC[C@H](C)[C@H]1CCC2C3C[C@@H](C)[C@@]4(O)C[C@@H](O)CC[C@]4(C)C3CC[C@@]21C. The minimum Gasteiger partial charge on any atom is -0.393 e. The Morgan fingerprint density at radius 1 is 0.933 bits per heavy atom. The second kappa shape index (κ2) is 8.05. The zero-order valence-corrected chi connectivity index (χ0v) is 20.8. The Kier molecular flexibility index (Phi) is 6.20. The maximum Gasteiger partial charge on any atom is 0.0753 e. The number of rotatable bonds is 5. The van der Waals surface area contributed by atoms with Gasteiger partial charge in [-0.1, -0.05) is 60.8 Å². The summed E-state index contributed by atoms with van der Waals surface area (Å²) in [5.41, 5.74) is -0.156. The molecule has 0 aliphatic heterocycles. The molecule has 174 valence electrons. The fraction of sp³-hybridized carbons (Fsp3) is 1.00. The first-order chi connectivity index (χ1) is 14.0. The fourth-order valence-electron chi connectivity index (χ4n) is 9.68. The maximum absolute atomic E-state index is 11.9. The molecule has 0 bridgehead atoms. The van der Waals surface area contributed by atoms with Crippen molar-refractivity contribution in [2.75, 3.05) is 0 Å². The van der Waals surface area contributed by atoms with E-state index in [1.807, 2.05) is 0 Å². The summed E-state index contributed by atoms with van der Waals surface area (Å²) in [6.45, 7) is 14.6. The van der Waals surface area contributed by atoms with E-state index in [-0.39, 0.29) is 11.5 Å². The minimum atomic E-state index is -0.665. The highest BCUT2D eigenvalue weighted by Gasteiger charge is 2.66. The molecule has 0 aromatic rings. The van der Waals surface area contributed by atoms with Crippen molar-refractivity contribution in [2.24, 2.45) is 52.3 Å². The molecule has 4 fully saturated rings. The lowest BCUT2D eigenvalue weighted by atomic mass is 9.41. The van der Waals surface area contributed by atoms with Gasteiger partial charge in [0.05, 0.1) is 11.7 Å². The lowest BCUT2D eigenvalue weighted by Gasteiger charge is -2.66. The smallest absolute Gasteiger partial charge is 0.0753 e. The Bertz CT molecular complexity index is 616. The van der Waals surface area contributed by atoms with Crippen LogP contribution in [0.15, 0.2) is 0 Å². The molecule has 0 amide bonds. The Balaban J connectivity index is 1.53. The van der Waals surface area contributed by atoms with Crippen LogP contribution in [0.5, 0.6) is 0 Å². The minimum absolute atomic E-state index is 0.00311. The van der Waals surface area contributed by atoms with Crippen molar-refractivity contribution < 1.29 is 10.2 Å². The van der Waals surface area contributed by atoms with Gasteiger partial charge in [0.2, 0.25) is 0 Å². The molecule has 0 heterocycles. The molecule has 0 aromatic heterocycles. The molecular weight excluding hydrogens is 368 g/mol. The van der Waals surface area contributed by atoms with Crippen LogP contribution in [0.2, 0.25) is 0 Å². The van der Waals surface area contributed by atoms with E-state index in [1.54, 1.807) is 0 Å². The van der Waals surface area contributed by atoms with Crippen LogP contribution in [0, 0.1) is 52.3 Å². The second-order valence-corrected chi connectivity index (χ2v) is 13.3. The standard InChI is InChI=1S/C28H50O2/c1-18(2)8-7-9-19(3)23-10-11-24-22-16-20(4)28(30)17-21(29)12-15-27(28,6)25(22)13-14-26(23,24)5/h18-25,29-30H,7-17H2,1-6H3/t19-,20+,21-,22?,23+,24?,25?,26+,27+,28-/m0/s1. The summed E-state index contributed by atoms with van der Waals surface area (Å²) in [6, 6.07) is 0. The van der Waals surface area contributed by atoms with Crippen molar-refractivity contribution in [1.29, 1.82) is 0 Å². The van der Waals surface area contributed by atoms with Crippen LogP contribution in [-0.4, -0.2) is 21.9 Å². The van der Waals surface area contributed by atoms with E-state index >= 15 is 0 Å². The first kappa shape index (κ1) is 23.1. The molecule has 3 unspecified atom stereocenters. The van der Waals surface area contributed by atoms with E-state index in [9.17, 15) is 10.2 Å². The van der Waals surface area contributed by atoms with Gasteiger partial charge in [0.25, 0.3) is 0 Å². The van der Waals surface area contributed by atoms with Gasteiger partial charge in [-0.15, -0.1) is 0 Å². The van der Waals surface area contributed by atoms with E-state index in [2.05, 4.69) is 41.5 Å². The molecule has 30 heavy (non-hydrogen) atoms. The van der Waals surface area contributed by atoms with E-state index in [0.717, 1.165) is 42.4 Å². The van der Waals surface area contributed by atoms with Crippen molar-refractivity contribution in [3.8, 4) is 0 Å². The highest BCUT2D eigenvalue weighted by atomic mass is 16.3. The number of fused-ring (bicyclic) bond motifs is 5. The Hall–Kier alpha value is -0.0800. The van der Waals surface area contributed by atoms with E-state index in [1.165, 1.54) is 51.4 Å². The average Bonchev–Trinajstić information content (AvgIpc) is 3.01. The van der Waals surface area contributed by atoms with E-state index in [4.69, 9.17) is 0 Å². The molecular formula is C28H50O2. The van der Waals surface area contributed by atoms with Crippen LogP contribution < -0.4 is 0 Å². The predicted octanol–water partition coefficient (Wildman–Crippen LogP) is 6.83. The summed E-state index contributed by atoms with van der Waals surface area (Å²) in [5.74, 6) is 5.18. The first-order valence-electron chi connectivity index (χ1n) is 13.4. The number of aliphatic hydroxyl groups excluding tert-OH is 1. The number of aliphatic hydroxyl groups is 2. The topological polar surface area (TPSA) is 40.5 Å². The van der Waals surface area contributed by atoms with Crippen molar-refractivity contribution in [3.05, 3.63) is 0 Å². The molecule has 0 radical (unpaired) electrons. The Labute approximate surface area is 186 Å². The third-order valence-electron chi connectivity index (χ3n) is 11.4. The number of hydrogen-bond donors (Lipinski definition) is 2. The summed E-state index contributed by atoms with van der Waals surface area (Å²) < 4.78 is 0. The molecule has 2 N–H and O–H groups in total. The first-order valence-corrected chi connectivity index (χ1v) is 13.4. The lowest BCUT2D eigenvalue weighted by molar-refractivity contribution is -0.244. The van der Waals surface area contributed by atoms with Crippen LogP contribution >= 0.6 is 0 Å². The van der Waals surface area contributed by atoms with Gasteiger partial charge in [0, 0.05) is 6.42 Å². The van der Waals surface area contributed by atoms with Gasteiger partial charge in [0.1, 0.15) is 0 Å². The molecule has 4 rings (SSSR count). The predicted molar refractivity (Wildman–Crippen MR) is 125 cm³/mol. The van der Waals surface area contributed by atoms with Gasteiger partial charge >= 0.3 is 0 Å². The number of hydrogen-bond acceptors (Lipinski definition) is 2. The zero-order chi connectivity index (χ0) is 21.9. The molecule has 4 aliphatic carbocycles. The summed E-state index contributed by atoms with van der Waals surface area (Å²) in [5, 5.41) is 22.2. The largest absolute Gasteiger partial charge is 0.393 e. The average molecular weight is 419 g/mol. The molecule has 2 heteroatoms. The molecule has 0 saturated heterocycles. The van der Waals surface area contributed by atoms with Gasteiger partial charge in [0.15, 0.2) is 0 Å². The van der Waals surface area contributed by atoms with Crippen molar-refractivity contribution in [3.63, 3.8) is 0 Å². The summed E-state index contributed by atoms with van der Waals surface area (Å²) in [4.78, 5) is 0. The van der Waals surface area contributed by atoms with Gasteiger partial charge in [-0.05, 0) is 97.2 Å².